The fraction of sp³-hybridized carbons (Fsp3) is 0.571. The Balaban J connectivity index is 2.28. The number of carbonyl (C=O) groups is 1. The van der Waals surface area contributed by atoms with Crippen LogP contribution in [0.5, 0.6) is 0 Å². The number of aromatic nitrogens is 1. The molecule has 1 heterocycles. The maximum atomic E-state index is 12.4. The van der Waals surface area contributed by atoms with Gasteiger partial charge in [0, 0.05) is 23.8 Å². The van der Waals surface area contributed by atoms with E-state index in [1.54, 1.807) is 6.07 Å². The Morgan fingerprint density at radius 1 is 1.50 bits per heavy atom. The van der Waals surface area contributed by atoms with Gasteiger partial charge in [0.1, 0.15) is 5.82 Å². The summed E-state index contributed by atoms with van der Waals surface area (Å²) >= 11 is 0. The van der Waals surface area contributed by atoms with E-state index in [-0.39, 0.29) is 11.8 Å². The molecule has 0 radical (unpaired) electrons. The van der Waals surface area contributed by atoms with Crippen LogP contribution in [0, 0.1) is 0 Å². The van der Waals surface area contributed by atoms with Crippen LogP contribution in [0.4, 0.5) is 5.82 Å². The Labute approximate surface area is 108 Å². The lowest BCUT2D eigenvalue weighted by atomic mass is 10.1. The molecule has 1 amide bonds. The van der Waals surface area contributed by atoms with E-state index in [2.05, 4.69) is 18.8 Å². The van der Waals surface area contributed by atoms with Crippen molar-refractivity contribution in [1.29, 1.82) is 0 Å². The summed E-state index contributed by atoms with van der Waals surface area (Å²) in [5, 5.41) is 0. The molecule has 18 heavy (non-hydrogen) atoms. The van der Waals surface area contributed by atoms with Crippen LogP contribution in [0.2, 0.25) is 0 Å². The maximum absolute atomic E-state index is 12.4. The van der Waals surface area contributed by atoms with E-state index >= 15 is 0 Å². The lowest BCUT2D eigenvalue weighted by Gasteiger charge is -2.21. The van der Waals surface area contributed by atoms with E-state index in [4.69, 9.17) is 5.73 Å². The first-order valence-corrected chi connectivity index (χ1v) is 6.61. The van der Waals surface area contributed by atoms with Crippen molar-refractivity contribution < 1.29 is 4.79 Å². The summed E-state index contributed by atoms with van der Waals surface area (Å²) in [6.45, 7) is 6.87. The minimum Gasteiger partial charge on any atom is -0.384 e. The third-order valence-electron chi connectivity index (χ3n) is 3.29. The molecule has 1 aliphatic carbocycles. The highest BCUT2D eigenvalue weighted by molar-refractivity contribution is 5.95. The smallest absolute Gasteiger partial charge is 0.254 e. The van der Waals surface area contributed by atoms with Gasteiger partial charge in [-0.1, -0.05) is 13.8 Å². The molecule has 2 N–H and O–H groups in total. The first-order chi connectivity index (χ1) is 8.52. The second-order valence-corrected chi connectivity index (χ2v) is 5.18. The molecule has 1 saturated carbocycles. The van der Waals surface area contributed by atoms with Crippen molar-refractivity contribution in [3.05, 3.63) is 23.4 Å². The second kappa shape index (κ2) is 4.96. The third-order valence-corrected chi connectivity index (χ3v) is 3.29. The average Bonchev–Trinajstić information content (AvgIpc) is 3.13. The largest absolute Gasteiger partial charge is 0.384 e. The third kappa shape index (κ3) is 2.63. The number of anilines is 1. The van der Waals surface area contributed by atoms with Gasteiger partial charge in [-0.05, 0) is 37.8 Å². The Bertz CT molecular complexity index is 452. The first kappa shape index (κ1) is 12.9. The lowest BCUT2D eigenvalue weighted by molar-refractivity contribution is 0.0752. The Morgan fingerprint density at radius 2 is 2.17 bits per heavy atom. The molecule has 2 rings (SSSR count). The van der Waals surface area contributed by atoms with Crippen LogP contribution in [-0.2, 0) is 0 Å². The van der Waals surface area contributed by atoms with Crippen LogP contribution in [-0.4, -0.2) is 28.4 Å². The van der Waals surface area contributed by atoms with Gasteiger partial charge in [0.15, 0.2) is 0 Å². The molecule has 0 atom stereocenters. The van der Waals surface area contributed by atoms with Crippen LogP contribution in [0.3, 0.4) is 0 Å². The van der Waals surface area contributed by atoms with Crippen LogP contribution in [0.15, 0.2) is 12.1 Å². The second-order valence-electron chi connectivity index (χ2n) is 5.18. The van der Waals surface area contributed by atoms with Gasteiger partial charge in [0.2, 0.25) is 0 Å². The van der Waals surface area contributed by atoms with E-state index < -0.39 is 0 Å². The highest BCUT2D eigenvalue weighted by Crippen LogP contribution is 2.28. The molecule has 0 saturated heterocycles. The van der Waals surface area contributed by atoms with Crippen LogP contribution >= 0.6 is 0 Å². The van der Waals surface area contributed by atoms with Crippen molar-refractivity contribution in [2.75, 3.05) is 12.3 Å². The average molecular weight is 247 g/mol. The summed E-state index contributed by atoms with van der Waals surface area (Å²) in [5.74, 6) is 0.781. The van der Waals surface area contributed by atoms with Crippen molar-refractivity contribution in [2.24, 2.45) is 0 Å². The molecule has 0 bridgehead atoms. The Hall–Kier alpha value is -1.58. The molecular weight excluding hydrogens is 226 g/mol. The summed E-state index contributed by atoms with van der Waals surface area (Å²) in [5.41, 5.74) is 7.33. The minimum absolute atomic E-state index is 0.0796. The molecule has 0 unspecified atom stereocenters. The molecule has 1 fully saturated rings. The van der Waals surface area contributed by atoms with Gasteiger partial charge in [0.05, 0.1) is 0 Å². The van der Waals surface area contributed by atoms with Gasteiger partial charge >= 0.3 is 0 Å². The molecule has 4 heteroatoms. The lowest BCUT2D eigenvalue weighted by Crippen LogP contribution is -2.33. The highest BCUT2D eigenvalue weighted by atomic mass is 16.2. The number of nitrogens with two attached hydrogens (primary N) is 1. The van der Waals surface area contributed by atoms with Crippen molar-refractivity contribution in [1.82, 2.24) is 9.88 Å². The zero-order chi connectivity index (χ0) is 13.3. The topological polar surface area (TPSA) is 59.2 Å². The first-order valence-electron chi connectivity index (χ1n) is 6.61. The maximum Gasteiger partial charge on any atom is 0.254 e. The van der Waals surface area contributed by atoms with E-state index in [9.17, 15) is 4.79 Å². The highest BCUT2D eigenvalue weighted by Gasteiger charge is 2.32. The predicted octanol–water partition coefficient (Wildman–Crippen LogP) is 2.41. The quantitative estimate of drug-likeness (QED) is 0.888. The van der Waals surface area contributed by atoms with Crippen molar-refractivity contribution in [2.45, 2.75) is 45.6 Å². The number of carbonyl (C=O) groups excluding carboxylic acids is 1. The van der Waals surface area contributed by atoms with Crippen molar-refractivity contribution >= 4 is 11.7 Å². The molecule has 4 nitrogen and oxygen atoms in total. The zero-order valence-electron chi connectivity index (χ0n) is 11.3. The van der Waals surface area contributed by atoms with Crippen molar-refractivity contribution in [3.63, 3.8) is 0 Å². The molecule has 0 aromatic carbocycles. The number of rotatable bonds is 4. The van der Waals surface area contributed by atoms with E-state index in [0.29, 0.717) is 17.4 Å². The Morgan fingerprint density at radius 3 is 2.67 bits per heavy atom. The number of hydrogen-bond donors (Lipinski definition) is 1. The monoisotopic (exact) mass is 247 g/mol. The van der Waals surface area contributed by atoms with Gasteiger partial charge in [-0.15, -0.1) is 0 Å². The molecular formula is C14H21N3O. The summed E-state index contributed by atoms with van der Waals surface area (Å²) in [4.78, 5) is 18.6. The number of nitrogens with zero attached hydrogens (tertiary/aromatic N) is 2. The number of amides is 1. The van der Waals surface area contributed by atoms with E-state index in [1.165, 1.54) is 0 Å². The summed E-state index contributed by atoms with van der Waals surface area (Å²) < 4.78 is 0. The normalized spacial score (nSPS) is 14.9. The number of pyridine rings is 1. The van der Waals surface area contributed by atoms with Crippen molar-refractivity contribution in [3.8, 4) is 0 Å². The molecule has 1 aromatic heterocycles. The predicted molar refractivity (Wildman–Crippen MR) is 72.5 cm³/mol. The van der Waals surface area contributed by atoms with Gasteiger partial charge in [-0.25, -0.2) is 4.98 Å². The fourth-order valence-electron chi connectivity index (χ4n) is 2.11. The van der Waals surface area contributed by atoms with Gasteiger partial charge in [0.25, 0.3) is 5.91 Å². The zero-order valence-corrected chi connectivity index (χ0v) is 11.3. The number of nitrogen functional groups attached to an aromatic ring is 1. The van der Waals surface area contributed by atoms with E-state index in [0.717, 1.165) is 25.1 Å². The summed E-state index contributed by atoms with van der Waals surface area (Å²) in [6, 6.07) is 3.98. The van der Waals surface area contributed by atoms with Gasteiger partial charge < -0.3 is 10.6 Å². The van der Waals surface area contributed by atoms with Gasteiger partial charge in [-0.3, -0.25) is 4.79 Å². The standard InChI is InChI=1S/C14H21N3O/c1-4-17(11-5-6-11)14(18)10-7-12(9(2)3)16-13(15)8-10/h7-9,11H,4-6H2,1-3H3,(H2,15,16). The molecule has 0 aliphatic heterocycles. The summed E-state index contributed by atoms with van der Waals surface area (Å²) in [7, 11) is 0. The molecule has 1 aromatic rings. The number of hydrogen-bond acceptors (Lipinski definition) is 3. The summed E-state index contributed by atoms with van der Waals surface area (Å²) in [6.07, 6.45) is 2.24. The SMILES string of the molecule is CCN(C(=O)c1cc(N)nc(C(C)C)c1)C1CC1. The molecule has 98 valence electrons. The van der Waals surface area contributed by atoms with Gasteiger partial charge in [-0.2, -0.15) is 0 Å². The van der Waals surface area contributed by atoms with Crippen LogP contribution < -0.4 is 5.73 Å². The molecule has 0 spiro atoms. The minimum atomic E-state index is 0.0796. The Kier molecular flexibility index (Phi) is 3.55. The fourth-order valence-corrected chi connectivity index (χ4v) is 2.11. The van der Waals surface area contributed by atoms with Crippen LogP contribution in [0.1, 0.15) is 55.6 Å². The van der Waals surface area contributed by atoms with E-state index in [1.807, 2.05) is 17.9 Å². The van der Waals surface area contributed by atoms with Crippen LogP contribution in [0.25, 0.3) is 0 Å². The molecule has 1 aliphatic rings.